The highest BCUT2D eigenvalue weighted by molar-refractivity contribution is 6.02. The van der Waals surface area contributed by atoms with Gasteiger partial charge >= 0.3 is 0 Å². The van der Waals surface area contributed by atoms with E-state index >= 15 is 0 Å². The van der Waals surface area contributed by atoms with Gasteiger partial charge in [-0.25, -0.2) is 9.37 Å². The third-order valence-corrected chi connectivity index (χ3v) is 7.22. The summed E-state index contributed by atoms with van der Waals surface area (Å²) in [6.07, 6.45) is 5.17. The van der Waals surface area contributed by atoms with Crippen LogP contribution < -0.4 is 10.2 Å². The van der Waals surface area contributed by atoms with Gasteiger partial charge in [-0.15, -0.1) is 0 Å². The first-order chi connectivity index (χ1) is 19.6. The van der Waals surface area contributed by atoms with Crippen molar-refractivity contribution in [3.8, 4) is 11.3 Å². The zero-order valence-corrected chi connectivity index (χ0v) is 22.1. The molecule has 0 radical (unpaired) electrons. The Bertz CT molecular complexity index is 1620. The number of rotatable bonds is 7. The van der Waals surface area contributed by atoms with Crippen LogP contribution in [-0.4, -0.2) is 46.4 Å². The number of pyridine rings is 1. The van der Waals surface area contributed by atoms with Crippen LogP contribution >= 0.6 is 0 Å². The number of anilines is 2. The third-order valence-electron chi connectivity index (χ3n) is 7.22. The van der Waals surface area contributed by atoms with E-state index in [9.17, 15) is 9.18 Å². The standard InChI is InChI=1S/C33H30FN5O/c34-27-14-9-25(10-15-27)11-18-32(40)35-28-16-12-26(13-17-28)33-30(39-19-5-4-8-31(39)36-33)24-37-20-22-38(23-21-37)29-6-2-1-3-7-29/h1-19H,20-24H2,(H,35,40)/b18-11+. The van der Waals surface area contributed by atoms with Crippen LogP contribution in [0, 0.1) is 5.82 Å². The highest BCUT2D eigenvalue weighted by Gasteiger charge is 2.21. The maximum Gasteiger partial charge on any atom is 0.248 e. The lowest BCUT2D eigenvalue weighted by Gasteiger charge is -2.36. The Hall–Kier alpha value is -4.75. The molecular formula is C33H30FN5O. The van der Waals surface area contributed by atoms with Crippen LogP contribution in [0.4, 0.5) is 15.8 Å². The summed E-state index contributed by atoms with van der Waals surface area (Å²) in [6, 6.07) is 30.4. The molecule has 7 heteroatoms. The third kappa shape index (κ3) is 5.80. The normalized spacial score (nSPS) is 14.2. The van der Waals surface area contributed by atoms with Crippen molar-refractivity contribution in [1.82, 2.24) is 14.3 Å². The Morgan fingerprint density at radius 1 is 0.850 bits per heavy atom. The molecule has 0 atom stereocenters. The quantitative estimate of drug-likeness (QED) is 0.257. The molecule has 5 aromatic rings. The number of amides is 1. The minimum absolute atomic E-state index is 0.250. The van der Waals surface area contributed by atoms with Crippen molar-refractivity contribution in [1.29, 1.82) is 0 Å². The fourth-order valence-electron chi connectivity index (χ4n) is 5.08. The van der Waals surface area contributed by atoms with Gasteiger partial charge in [0.05, 0.1) is 11.4 Å². The second kappa shape index (κ2) is 11.6. The second-order valence-corrected chi connectivity index (χ2v) is 9.89. The summed E-state index contributed by atoms with van der Waals surface area (Å²) >= 11 is 0. The van der Waals surface area contributed by atoms with E-state index in [1.54, 1.807) is 18.2 Å². The lowest BCUT2D eigenvalue weighted by molar-refractivity contribution is -0.111. The van der Waals surface area contributed by atoms with Gasteiger partial charge in [0.15, 0.2) is 0 Å². The maximum absolute atomic E-state index is 13.1. The van der Waals surface area contributed by atoms with Crippen LogP contribution in [0.25, 0.3) is 23.0 Å². The van der Waals surface area contributed by atoms with Gasteiger partial charge in [0.2, 0.25) is 5.91 Å². The molecule has 6 nitrogen and oxygen atoms in total. The SMILES string of the molecule is O=C(/C=C/c1ccc(F)cc1)Nc1ccc(-c2nc3ccccn3c2CN2CCN(c3ccccc3)CC2)cc1. The first kappa shape index (κ1) is 25.5. The lowest BCUT2D eigenvalue weighted by Crippen LogP contribution is -2.46. The Balaban J connectivity index is 1.16. The predicted molar refractivity (Wildman–Crippen MR) is 159 cm³/mol. The minimum Gasteiger partial charge on any atom is -0.369 e. The monoisotopic (exact) mass is 531 g/mol. The number of piperazine rings is 1. The molecule has 1 fully saturated rings. The molecule has 1 N–H and O–H groups in total. The second-order valence-electron chi connectivity index (χ2n) is 9.89. The van der Waals surface area contributed by atoms with Crippen molar-refractivity contribution in [3.63, 3.8) is 0 Å². The molecule has 1 aliphatic rings. The Morgan fingerprint density at radius 2 is 1.57 bits per heavy atom. The predicted octanol–water partition coefficient (Wildman–Crippen LogP) is 6.11. The van der Waals surface area contributed by atoms with Crippen LogP contribution in [0.5, 0.6) is 0 Å². The number of hydrogen-bond donors (Lipinski definition) is 1. The number of para-hydroxylation sites is 1. The zero-order valence-electron chi connectivity index (χ0n) is 22.1. The number of aromatic nitrogens is 2. The summed E-state index contributed by atoms with van der Waals surface area (Å²) in [7, 11) is 0. The number of halogens is 1. The molecule has 0 spiro atoms. The summed E-state index contributed by atoms with van der Waals surface area (Å²) in [5.74, 6) is -0.554. The van der Waals surface area contributed by atoms with Gasteiger partial charge in [-0.05, 0) is 60.2 Å². The highest BCUT2D eigenvalue weighted by atomic mass is 19.1. The van der Waals surface area contributed by atoms with Crippen LogP contribution in [-0.2, 0) is 11.3 Å². The molecule has 1 saturated heterocycles. The number of carbonyl (C=O) groups is 1. The van der Waals surface area contributed by atoms with Crippen molar-refractivity contribution in [3.05, 3.63) is 126 Å². The van der Waals surface area contributed by atoms with Gasteiger partial charge in [0, 0.05) is 61.9 Å². The Kier molecular flexibility index (Phi) is 7.37. The summed E-state index contributed by atoms with van der Waals surface area (Å²) in [5.41, 5.74) is 6.75. The van der Waals surface area contributed by atoms with Crippen LogP contribution in [0.2, 0.25) is 0 Å². The number of fused-ring (bicyclic) bond motifs is 1. The van der Waals surface area contributed by atoms with E-state index in [1.165, 1.54) is 23.9 Å². The van der Waals surface area contributed by atoms with Gasteiger partial charge in [-0.2, -0.15) is 0 Å². The fourth-order valence-corrected chi connectivity index (χ4v) is 5.08. The zero-order chi connectivity index (χ0) is 27.3. The van der Waals surface area contributed by atoms with Gasteiger partial charge in [-0.3, -0.25) is 9.69 Å². The van der Waals surface area contributed by atoms with E-state index < -0.39 is 0 Å². The molecule has 1 amide bonds. The summed E-state index contributed by atoms with van der Waals surface area (Å²) in [5, 5.41) is 2.89. The first-order valence-electron chi connectivity index (χ1n) is 13.5. The number of carbonyl (C=O) groups excluding carboxylic acids is 1. The fraction of sp³-hybridized carbons (Fsp3) is 0.152. The van der Waals surface area contributed by atoms with Crippen molar-refractivity contribution in [2.45, 2.75) is 6.54 Å². The molecule has 3 heterocycles. The van der Waals surface area contributed by atoms with Crippen molar-refractivity contribution < 1.29 is 9.18 Å². The topological polar surface area (TPSA) is 52.9 Å². The Labute approximate surface area is 233 Å². The minimum atomic E-state index is -0.305. The average Bonchev–Trinajstić information content (AvgIpc) is 3.36. The van der Waals surface area contributed by atoms with Crippen molar-refractivity contribution in [2.75, 3.05) is 36.4 Å². The van der Waals surface area contributed by atoms with E-state index in [0.717, 1.165) is 60.9 Å². The number of nitrogens with one attached hydrogen (secondary N) is 1. The molecular weight excluding hydrogens is 501 g/mol. The molecule has 1 aliphatic heterocycles. The van der Waals surface area contributed by atoms with Crippen molar-refractivity contribution >= 4 is 29.0 Å². The van der Waals surface area contributed by atoms with Crippen LogP contribution in [0.15, 0.2) is 109 Å². The number of hydrogen-bond acceptors (Lipinski definition) is 4. The molecule has 0 saturated carbocycles. The van der Waals surface area contributed by atoms with E-state index in [0.29, 0.717) is 5.69 Å². The highest BCUT2D eigenvalue weighted by Crippen LogP contribution is 2.28. The van der Waals surface area contributed by atoms with Gasteiger partial charge < -0.3 is 14.6 Å². The molecule has 3 aromatic carbocycles. The Morgan fingerprint density at radius 3 is 2.33 bits per heavy atom. The summed E-state index contributed by atoms with van der Waals surface area (Å²) in [6.45, 7) is 4.73. The largest absolute Gasteiger partial charge is 0.369 e. The number of imidazole rings is 1. The molecule has 200 valence electrons. The lowest BCUT2D eigenvalue weighted by atomic mass is 10.1. The van der Waals surface area contributed by atoms with Crippen molar-refractivity contribution in [2.24, 2.45) is 0 Å². The van der Waals surface area contributed by atoms with Gasteiger partial charge in [0.1, 0.15) is 11.5 Å². The first-order valence-corrected chi connectivity index (χ1v) is 13.5. The van der Waals surface area contributed by atoms with Gasteiger partial charge in [0.25, 0.3) is 0 Å². The van der Waals surface area contributed by atoms with E-state index in [1.807, 2.05) is 42.5 Å². The van der Waals surface area contributed by atoms with E-state index in [-0.39, 0.29) is 11.7 Å². The number of benzene rings is 3. The van der Waals surface area contributed by atoms with Crippen LogP contribution in [0.3, 0.4) is 0 Å². The molecule has 2 aromatic heterocycles. The van der Waals surface area contributed by atoms with Crippen LogP contribution in [0.1, 0.15) is 11.3 Å². The molecule has 0 aliphatic carbocycles. The van der Waals surface area contributed by atoms with Gasteiger partial charge in [-0.1, -0.05) is 48.5 Å². The molecule has 0 bridgehead atoms. The average molecular weight is 532 g/mol. The number of nitrogens with zero attached hydrogens (tertiary/aromatic N) is 4. The summed E-state index contributed by atoms with van der Waals surface area (Å²) in [4.78, 5) is 22.3. The maximum atomic E-state index is 13.1. The molecule has 6 rings (SSSR count). The van der Waals surface area contributed by atoms with E-state index in [4.69, 9.17) is 4.98 Å². The molecule has 40 heavy (non-hydrogen) atoms. The smallest absolute Gasteiger partial charge is 0.248 e. The van der Waals surface area contributed by atoms with E-state index in [2.05, 4.69) is 56.0 Å². The summed E-state index contributed by atoms with van der Waals surface area (Å²) < 4.78 is 15.3. The molecule has 0 unspecified atom stereocenters.